The van der Waals surface area contributed by atoms with Crippen molar-refractivity contribution in [1.29, 1.82) is 0 Å². The number of aromatic nitrogens is 2. The molecule has 32 heavy (non-hydrogen) atoms. The number of para-hydroxylation sites is 1. The van der Waals surface area contributed by atoms with Crippen LogP contribution in [-0.4, -0.2) is 121 Å². The molecule has 2 atom stereocenters. The van der Waals surface area contributed by atoms with Gasteiger partial charge in [-0.05, 0) is 40.1 Å². The normalized spacial score (nSPS) is 21.5. The van der Waals surface area contributed by atoms with Gasteiger partial charge in [-0.25, -0.2) is 4.98 Å². The van der Waals surface area contributed by atoms with Gasteiger partial charge >= 0.3 is 0 Å². The first-order chi connectivity index (χ1) is 15.5. The fourth-order valence-corrected chi connectivity index (χ4v) is 4.56. The van der Waals surface area contributed by atoms with Crippen molar-refractivity contribution < 1.29 is 0 Å². The average Bonchev–Trinajstić information content (AvgIpc) is 2.81. The Bertz CT molecular complexity index is 858. The van der Waals surface area contributed by atoms with E-state index in [4.69, 9.17) is 9.97 Å². The standard InChI is InChI=1S/C24H40N8/c1-19(31-13-9-29(3)10-14-31)17-25-23-21-7-5-6-8-22(21)27-24(28-23)26-18-20(2)32-15-11-30(4)12-16-32/h5-8,19-20H,9-18H2,1-4H3,(H2,25,26,27,28). The van der Waals surface area contributed by atoms with Crippen molar-refractivity contribution in [2.45, 2.75) is 25.9 Å². The number of nitrogens with zero attached hydrogens (tertiary/aromatic N) is 6. The largest absolute Gasteiger partial charge is 0.368 e. The Kier molecular flexibility index (Phi) is 7.78. The highest BCUT2D eigenvalue weighted by Crippen LogP contribution is 2.22. The average molecular weight is 441 g/mol. The first-order valence-corrected chi connectivity index (χ1v) is 12.1. The molecular formula is C24H40N8. The molecule has 2 aliphatic heterocycles. The number of likely N-dealkylation sites (N-methyl/N-ethyl adjacent to an activating group) is 2. The lowest BCUT2D eigenvalue weighted by atomic mass is 10.2. The van der Waals surface area contributed by atoms with E-state index in [1.54, 1.807) is 0 Å². The van der Waals surface area contributed by atoms with Gasteiger partial charge in [0, 0.05) is 82.9 Å². The van der Waals surface area contributed by atoms with Crippen molar-refractivity contribution in [2.75, 3.05) is 90.2 Å². The smallest absolute Gasteiger partial charge is 0.225 e. The van der Waals surface area contributed by atoms with Gasteiger partial charge < -0.3 is 20.4 Å². The number of anilines is 2. The number of piperazine rings is 2. The maximum absolute atomic E-state index is 4.87. The summed E-state index contributed by atoms with van der Waals surface area (Å²) in [5, 5.41) is 8.22. The number of nitrogens with one attached hydrogen (secondary N) is 2. The third kappa shape index (κ3) is 5.86. The molecule has 2 unspecified atom stereocenters. The third-order valence-electron chi connectivity index (χ3n) is 7.05. The summed E-state index contributed by atoms with van der Waals surface area (Å²) >= 11 is 0. The van der Waals surface area contributed by atoms with Gasteiger partial charge in [-0.2, -0.15) is 4.98 Å². The fraction of sp³-hybridized carbons (Fsp3) is 0.667. The second-order valence-electron chi connectivity index (χ2n) is 9.55. The van der Waals surface area contributed by atoms with E-state index in [-0.39, 0.29) is 0 Å². The summed E-state index contributed by atoms with van der Waals surface area (Å²) < 4.78 is 0. The molecule has 8 heteroatoms. The number of benzene rings is 1. The Morgan fingerprint density at radius 2 is 1.28 bits per heavy atom. The predicted octanol–water partition coefficient (Wildman–Crippen LogP) is 1.73. The van der Waals surface area contributed by atoms with Crippen molar-refractivity contribution in [1.82, 2.24) is 29.6 Å². The van der Waals surface area contributed by atoms with Crippen LogP contribution in [0.3, 0.4) is 0 Å². The summed E-state index contributed by atoms with van der Waals surface area (Å²) in [6.07, 6.45) is 0. The molecule has 2 saturated heterocycles. The van der Waals surface area contributed by atoms with Crippen molar-refractivity contribution in [3.63, 3.8) is 0 Å². The fourth-order valence-electron chi connectivity index (χ4n) is 4.56. The lowest BCUT2D eigenvalue weighted by molar-refractivity contribution is 0.123. The highest BCUT2D eigenvalue weighted by atomic mass is 15.3. The van der Waals surface area contributed by atoms with Crippen molar-refractivity contribution in [3.05, 3.63) is 24.3 Å². The lowest BCUT2D eigenvalue weighted by Crippen LogP contribution is -2.50. The molecule has 2 aliphatic rings. The molecule has 0 aliphatic carbocycles. The van der Waals surface area contributed by atoms with Crippen LogP contribution in [-0.2, 0) is 0 Å². The number of fused-ring (bicyclic) bond motifs is 1. The Labute approximate surface area is 193 Å². The summed E-state index contributed by atoms with van der Waals surface area (Å²) in [7, 11) is 4.40. The van der Waals surface area contributed by atoms with Crippen molar-refractivity contribution >= 4 is 22.7 Å². The van der Waals surface area contributed by atoms with E-state index in [1.165, 1.54) is 0 Å². The molecule has 0 amide bonds. The predicted molar refractivity (Wildman–Crippen MR) is 134 cm³/mol. The highest BCUT2D eigenvalue weighted by molar-refractivity contribution is 5.90. The van der Waals surface area contributed by atoms with Gasteiger partial charge in [-0.1, -0.05) is 12.1 Å². The SMILES string of the molecule is CC(CNc1nc(NCC(C)N2CCN(C)CC2)c2ccccc2n1)N1CCN(C)CC1. The van der Waals surface area contributed by atoms with E-state index >= 15 is 0 Å². The molecule has 1 aromatic heterocycles. The summed E-state index contributed by atoms with van der Waals surface area (Å²) in [6, 6.07) is 9.19. The maximum Gasteiger partial charge on any atom is 0.225 e. The van der Waals surface area contributed by atoms with Gasteiger partial charge in [-0.15, -0.1) is 0 Å². The van der Waals surface area contributed by atoms with Crippen LogP contribution in [0.1, 0.15) is 13.8 Å². The second-order valence-corrected chi connectivity index (χ2v) is 9.55. The molecule has 176 valence electrons. The Morgan fingerprint density at radius 3 is 1.88 bits per heavy atom. The van der Waals surface area contributed by atoms with Crippen LogP contribution >= 0.6 is 0 Å². The Balaban J connectivity index is 1.39. The topological polar surface area (TPSA) is 62.8 Å². The quantitative estimate of drug-likeness (QED) is 0.644. The molecule has 3 heterocycles. The van der Waals surface area contributed by atoms with E-state index < -0.39 is 0 Å². The molecule has 2 aromatic rings. The van der Waals surface area contributed by atoms with Gasteiger partial charge in [0.25, 0.3) is 0 Å². The van der Waals surface area contributed by atoms with Gasteiger partial charge in [0.05, 0.1) is 5.52 Å². The Morgan fingerprint density at radius 1 is 0.750 bits per heavy atom. The summed E-state index contributed by atoms with van der Waals surface area (Å²) in [5.74, 6) is 1.63. The van der Waals surface area contributed by atoms with Gasteiger partial charge in [0.1, 0.15) is 5.82 Å². The van der Waals surface area contributed by atoms with Crippen molar-refractivity contribution in [2.24, 2.45) is 0 Å². The molecule has 0 spiro atoms. The number of hydrogen-bond acceptors (Lipinski definition) is 8. The van der Waals surface area contributed by atoms with Gasteiger partial charge in [-0.3, -0.25) is 9.80 Å². The monoisotopic (exact) mass is 440 g/mol. The molecule has 0 radical (unpaired) electrons. The van der Waals surface area contributed by atoms with Crippen molar-refractivity contribution in [3.8, 4) is 0 Å². The third-order valence-corrected chi connectivity index (χ3v) is 7.05. The van der Waals surface area contributed by atoms with Crippen LogP contribution in [0.5, 0.6) is 0 Å². The lowest BCUT2D eigenvalue weighted by Gasteiger charge is -2.36. The van der Waals surface area contributed by atoms with Crippen LogP contribution < -0.4 is 10.6 Å². The van der Waals surface area contributed by atoms with Crippen LogP contribution in [0, 0.1) is 0 Å². The zero-order valence-electron chi connectivity index (χ0n) is 20.2. The second kappa shape index (κ2) is 10.7. The van der Waals surface area contributed by atoms with E-state index in [9.17, 15) is 0 Å². The molecule has 2 fully saturated rings. The molecule has 2 N–H and O–H groups in total. The first-order valence-electron chi connectivity index (χ1n) is 12.1. The van der Waals surface area contributed by atoms with Crippen LogP contribution in [0.2, 0.25) is 0 Å². The van der Waals surface area contributed by atoms with E-state index in [0.29, 0.717) is 18.0 Å². The minimum Gasteiger partial charge on any atom is -0.368 e. The molecular weight excluding hydrogens is 400 g/mol. The molecule has 1 aromatic carbocycles. The maximum atomic E-state index is 4.87. The summed E-state index contributed by atoms with van der Waals surface area (Å²) in [5.41, 5.74) is 0.979. The molecule has 8 nitrogen and oxygen atoms in total. The zero-order valence-corrected chi connectivity index (χ0v) is 20.2. The molecule has 0 bridgehead atoms. The van der Waals surface area contributed by atoms with Gasteiger partial charge in [0.2, 0.25) is 5.95 Å². The number of hydrogen-bond donors (Lipinski definition) is 2. The minimum atomic E-state index is 0.451. The minimum absolute atomic E-state index is 0.451. The van der Waals surface area contributed by atoms with E-state index in [2.05, 4.69) is 76.4 Å². The molecule has 0 saturated carbocycles. The first kappa shape index (κ1) is 23.2. The summed E-state index contributed by atoms with van der Waals surface area (Å²) in [4.78, 5) is 19.6. The zero-order chi connectivity index (χ0) is 22.5. The highest BCUT2D eigenvalue weighted by Gasteiger charge is 2.21. The van der Waals surface area contributed by atoms with Crippen LogP contribution in [0.15, 0.2) is 24.3 Å². The number of rotatable bonds is 8. The Hall–Kier alpha value is -2.00. The summed E-state index contributed by atoms with van der Waals surface area (Å²) in [6.45, 7) is 15.4. The van der Waals surface area contributed by atoms with Crippen LogP contribution in [0.25, 0.3) is 10.9 Å². The van der Waals surface area contributed by atoms with Crippen LogP contribution in [0.4, 0.5) is 11.8 Å². The molecule has 4 rings (SSSR count). The van der Waals surface area contributed by atoms with E-state index in [0.717, 1.165) is 82.2 Å². The van der Waals surface area contributed by atoms with Gasteiger partial charge in [0.15, 0.2) is 0 Å². The van der Waals surface area contributed by atoms with E-state index in [1.807, 2.05) is 6.07 Å².